The number of halogens is 1. The Labute approximate surface area is 85.0 Å². The molecule has 78 valence electrons. The predicted octanol–water partition coefficient (Wildman–Crippen LogP) is 1.65. The van der Waals surface area contributed by atoms with Crippen molar-refractivity contribution in [3.05, 3.63) is 42.2 Å². The molecule has 1 aromatic carbocycles. The Morgan fingerprint density at radius 3 is 2.67 bits per heavy atom. The Kier molecular flexibility index (Phi) is 3.17. The van der Waals surface area contributed by atoms with Crippen molar-refractivity contribution in [1.82, 2.24) is 0 Å². The van der Waals surface area contributed by atoms with Crippen molar-refractivity contribution in [2.45, 2.75) is 0 Å². The molecule has 0 aliphatic carbocycles. The minimum absolute atomic E-state index is 0.181. The summed E-state index contributed by atoms with van der Waals surface area (Å²) in [7, 11) is 0. The summed E-state index contributed by atoms with van der Waals surface area (Å²) in [6.45, 7) is 3.19. The SMILES string of the molecule is C=CC(=O)Nc1cccc(C(=O)O)c1F. The summed E-state index contributed by atoms with van der Waals surface area (Å²) < 4.78 is 13.4. The molecule has 0 fully saturated rings. The molecule has 0 saturated carbocycles. The van der Waals surface area contributed by atoms with Gasteiger partial charge in [-0.3, -0.25) is 4.79 Å². The summed E-state index contributed by atoms with van der Waals surface area (Å²) in [5.41, 5.74) is -0.670. The van der Waals surface area contributed by atoms with Gasteiger partial charge in [-0.15, -0.1) is 0 Å². The summed E-state index contributed by atoms with van der Waals surface area (Å²) >= 11 is 0. The second kappa shape index (κ2) is 4.36. The highest BCUT2D eigenvalue weighted by Gasteiger charge is 2.14. The summed E-state index contributed by atoms with van der Waals surface area (Å²) in [5.74, 6) is -2.96. The lowest BCUT2D eigenvalue weighted by molar-refractivity contribution is -0.111. The Hall–Kier alpha value is -2.17. The number of carbonyl (C=O) groups is 2. The third-order valence-corrected chi connectivity index (χ3v) is 1.67. The molecule has 2 N–H and O–H groups in total. The molecule has 1 aromatic rings. The number of rotatable bonds is 3. The quantitative estimate of drug-likeness (QED) is 0.744. The lowest BCUT2D eigenvalue weighted by Crippen LogP contribution is -2.11. The molecule has 0 aliphatic rings. The zero-order valence-corrected chi connectivity index (χ0v) is 7.66. The Morgan fingerprint density at radius 1 is 1.47 bits per heavy atom. The van der Waals surface area contributed by atoms with Crippen molar-refractivity contribution in [1.29, 1.82) is 0 Å². The fraction of sp³-hybridized carbons (Fsp3) is 0. The van der Waals surface area contributed by atoms with E-state index in [1.165, 1.54) is 12.1 Å². The summed E-state index contributed by atoms with van der Waals surface area (Å²) in [5, 5.41) is 10.8. The van der Waals surface area contributed by atoms with Gasteiger partial charge in [0.25, 0.3) is 0 Å². The van der Waals surface area contributed by atoms with Crippen LogP contribution in [0.2, 0.25) is 0 Å². The highest BCUT2D eigenvalue weighted by atomic mass is 19.1. The van der Waals surface area contributed by atoms with Crippen molar-refractivity contribution < 1.29 is 19.1 Å². The van der Waals surface area contributed by atoms with Gasteiger partial charge in [0.1, 0.15) is 0 Å². The monoisotopic (exact) mass is 209 g/mol. The third-order valence-electron chi connectivity index (χ3n) is 1.67. The largest absolute Gasteiger partial charge is 0.478 e. The molecule has 0 unspecified atom stereocenters. The number of benzene rings is 1. The highest BCUT2D eigenvalue weighted by Crippen LogP contribution is 2.17. The molecule has 5 heteroatoms. The lowest BCUT2D eigenvalue weighted by atomic mass is 10.2. The number of carboxylic acids is 1. The van der Waals surface area contributed by atoms with Gasteiger partial charge in [0, 0.05) is 0 Å². The van der Waals surface area contributed by atoms with Crippen LogP contribution in [0.15, 0.2) is 30.9 Å². The van der Waals surface area contributed by atoms with Crippen LogP contribution in [0.3, 0.4) is 0 Å². The number of carbonyl (C=O) groups excluding carboxylic acids is 1. The van der Waals surface area contributed by atoms with Crippen molar-refractivity contribution in [3.8, 4) is 0 Å². The number of amides is 1. The van der Waals surface area contributed by atoms with E-state index in [-0.39, 0.29) is 5.69 Å². The van der Waals surface area contributed by atoms with Gasteiger partial charge in [-0.25, -0.2) is 9.18 Å². The molecule has 0 atom stereocenters. The van der Waals surface area contributed by atoms with E-state index in [2.05, 4.69) is 11.9 Å². The highest BCUT2D eigenvalue weighted by molar-refractivity contribution is 6.00. The van der Waals surface area contributed by atoms with Crippen molar-refractivity contribution >= 4 is 17.6 Å². The maximum Gasteiger partial charge on any atom is 0.338 e. The van der Waals surface area contributed by atoms with Gasteiger partial charge in [-0.2, -0.15) is 0 Å². The van der Waals surface area contributed by atoms with E-state index in [9.17, 15) is 14.0 Å². The van der Waals surface area contributed by atoms with Crippen LogP contribution in [0.25, 0.3) is 0 Å². The Bertz CT molecular complexity index is 429. The summed E-state index contributed by atoms with van der Waals surface area (Å²) in [6.07, 6.45) is 0.965. The smallest absolute Gasteiger partial charge is 0.338 e. The van der Waals surface area contributed by atoms with Gasteiger partial charge in [-0.1, -0.05) is 12.6 Å². The van der Waals surface area contributed by atoms with Crippen LogP contribution in [0.1, 0.15) is 10.4 Å². The van der Waals surface area contributed by atoms with E-state index in [1.54, 1.807) is 0 Å². The fourth-order valence-electron chi connectivity index (χ4n) is 0.977. The van der Waals surface area contributed by atoms with Crippen molar-refractivity contribution in [3.63, 3.8) is 0 Å². The van der Waals surface area contributed by atoms with Crippen LogP contribution in [-0.2, 0) is 4.79 Å². The van der Waals surface area contributed by atoms with Gasteiger partial charge in [0.2, 0.25) is 5.91 Å². The van der Waals surface area contributed by atoms with E-state index < -0.39 is 23.3 Å². The number of aromatic carboxylic acids is 1. The zero-order chi connectivity index (χ0) is 11.4. The van der Waals surface area contributed by atoms with Gasteiger partial charge in [-0.05, 0) is 18.2 Å². The first-order valence-electron chi connectivity index (χ1n) is 4.01. The Balaban J connectivity index is 3.09. The summed E-state index contributed by atoms with van der Waals surface area (Å²) in [4.78, 5) is 21.4. The number of hydrogen-bond acceptors (Lipinski definition) is 2. The molecular formula is C10H8FNO3. The van der Waals surface area contributed by atoms with Gasteiger partial charge in [0.05, 0.1) is 11.3 Å². The van der Waals surface area contributed by atoms with E-state index in [1.807, 2.05) is 0 Å². The van der Waals surface area contributed by atoms with E-state index in [4.69, 9.17) is 5.11 Å². The molecule has 0 radical (unpaired) electrons. The van der Waals surface area contributed by atoms with Crippen molar-refractivity contribution in [2.24, 2.45) is 0 Å². The fourth-order valence-corrected chi connectivity index (χ4v) is 0.977. The topological polar surface area (TPSA) is 66.4 Å². The second-order valence-electron chi connectivity index (χ2n) is 2.67. The number of nitrogens with one attached hydrogen (secondary N) is 1. The first-order valence-corrected chi connectivity index (χ1v) is 4.01. The minimum atomic E-state index is -1.39. The van der Waals surface area contributed by atoms with Crippen LogP contribution >= 0.6 is 0 Å². The van der Waals surface area contributed by atoms with Crippen LogP contribution in [0.5, 0.6) is 0 Å². The first kappa shape index (κ1) is 10.9. The lowest BCUT2D eigenvalue weighted by Gasteiger charge is -2.05. The molecular weight excluding hydrogens is 201 g/mol. The average molecular weight is 209 g/mol. The molecule has 0 saturated heterocycles. The van der Waals surface area contributed by atoms with E-state index >= 15 is 0 Å². The normalized spacial score (nSPS) is 9.40. The van der Waals surface area contributed by atoms with Crippen LogP contribution in [-0.4, -0.2) is 17.0 Å². The maximum absolute atomic E-state index is 13.4. The molecule has 4 nitrogen and oxygen atoms in total. The van der Waals surface area contributed by atoms with Gasteiger partial charge < -0.3 is 10.4 Å². The number of anilines is 1. The molecule has 0 bridgehead atoms. The standard InChI is InChI=1S/C10H8FNO3/c1-2-8(13)12-7-5-3-4-6(9(7)11)10(14)15/h2-5H,1H2,(H,12,13)(H,14,15). The van der Waals surface area contributed by atoms with Crippen molar-refractivity contribution in [2.75, 3.05) is 5.32 Å². The zero-order valence-electron chi connectivity index (χ0n) is 7.66. The van der Waals surface area contributed by atoms with Crippen LogP contribution in [0, 0.1) is 5.82 Å². The summed E-state index contributed by atoms with van der Waals surface area (Å²) in [6, 6.07) is 3.72. The third kappa shape index (κ3) is 2.40. The molecule has 1 amide bonds. The molecule has 0 aromatic heterocycles. The molecule has 1 rings (SSSR count). The average Bonchev–Trinajstić information content (AvgIpc) is 2.20. The molecule has 0 spiro atoms. The van der Waals surface area contributed by atoms with E-state index in [0.29, 0.717) is 0 Å². The van der Waals surface area contributed by atoms with Gasteiger partial charge in [0.15, 0.2) is 5.82 Å². The van der Waals surface area contributed by atoms with Crippen LogP contribution < -0.4 is 5.32 Å². The minimum Gasteiger partial charge on any atom is -0.478 e. The number of hydrogen-bond donors (Lipinski definition) is 2. The van der Waals surface area contributed by atoms with E-state index in [0.717, 1.165) is 12.1 Å². The molecule has 0 aliphatic heterocycles. The number of carboxylic acid groups (broad SMARTS) is 1. The Morgan fingerprint density at radius 2 is 2.13 bits per heavy atom. The molecule has 15 heavy (non-hydrogen) atoms. The van der Waals surface area contributed by atoms with Gasteiger partial charge >= 0.3 is 5.97 Å². The predicted molar refractivity (Wildman–Crippen MR) is 52.2 cm³/mol. The van der Waals surface area contributed by atoms with Crippen LogP contribution in [0.4, 0.5) is 10.1 Å². The second-order valence-corrected chi connectivity index (χ2v) is 2.67. The molecule has 0 heterocycles. The first-order chi connectivity index (χ1) is 7.06. The maximum atomic E-state index is 13.4.